The number of hydrogen-bond donors (Lipinski definition) is 3. The summed E-state index contributed by atoms with van der Waals surface area (Å²) in [6.07, 6.45) is 1.93. The van der Waals surface area contributed by atoms with Gasteiger partial charge in [0.15, 0.2) is 11.6 Å². The largest absolute Gasteiger partial charge is 0.368 e. The van der Waals surface area contributed by atoms with Crippen molar-refractivity contribution < 1.29 is 9.18 Å². The van der Waals surface area contributed by atoms with Crippen LogP contribution < -0.4 is 16.0 Å². The third-order valence-corrected chi connectivity index (χ3v) is 3.17. The Morgan fingerprint density at radius 1 is 1.29 bits per heavy atom. The molecule has 0 atom stereocenters. The normalized spacial score (nSPS) is 13.1. The predicted octanol–water partition coefficient (Wildman–Crippen LogP) is 1.63. The summed E-state index contributed by atoms with van der Waals surface area (Å²) in [5.41, 5.74) is 1.16. The van der Waals surface area contributed by atoms with Crippen LogP contribution in [0.4, 0.5) is 21.7 Å². The Balaban J connectivity index is 1.69. The van der Waals surface area contributed by atoms with Crippen molar-refractivity contribution in [2.24, 2.45) is 0 Å². The fourth-order valence-electron chi connectivity index (χ4n) is 2.14. The zero-order valence-electron chi connectivity index (χ0n) is 11.2. The monoisotopic (exact) mass is 287 g/mol. The number of anilines is 3. The van der Waals surface area contributed by atoms with Crippen LogP contribution in [0.3, 0.4) is 0 Å². The van der Waals surface area contributed by atoms with Gasteiger partial charge in [-0.2, -0.15) is 0 Å². The number of benzene rings is 1. The van der Waals surface area contributed by atoms with E-state index >= 15 is 0 Å². The molecule has 1 aromatic heterocycles. The molecule has 0 spiro atoms. The number of nitrogens with zero attached hydrogens (tertiary/aromatic N) is 2. The lowest BCUT2D eigenvalue weighted by molar-refractivity contribution is -0.114. The molecule has 0 bridgehead atoms. The molecule has 0 saturated heterocycles. The van der Waals surface area contributed by atoms with E-state index in [1.54, 1.807) is 18.2 Å². The van der Waals surface area contributed by atoms with Crippen LogP contribution in [0.5, 0.6) is 0 Å². The average Bonchev–Trinajstić information content (AvgIpc) is 2.49. The lowest BCUT2D eigenvalue weighted by Crippen LogP contribution is -2.29. The molecule has 3 rings (SSSR count). The lowest BCUT2D eigenvalue weighted by Gasteiger charge is -2.20. The second-order valence-electron chi connectivity index (χ2n) is 4.62. The van der Waals surface area contributed by atoms with Crippen LogP contribution in [0.15, 0.2) is 30.6 Å². The van der Waals surface area contributed by atoms with Crippen molar-refractivity contribution in [3.63, 3.8) is 0 Å². The molecule has 1 aromatic carbocycles. The Hall–Kier alpha value is -2.70. The van der Waals surface area contributed by atoms with Crippen LogP contribution >= 0.6 is 0 Å². The Morgan fingerprint density at radius 3 is 3.00 bits per heavy atom. The third-order valence-electron chi connectivity index (χ3n) is 3.17. The molecule has 0 radical (unpaired) electrons. The summed E-state index contributed by atoms with van der Waals surface area (Å²) in [5.74, 6) is 0.739. The van der Waals surface area contributed by atoms with Crippen molar-refractivity contribution in [3.05, 3.63) is 42.0 Å². The molecule has 1 amide bonds. The van der Waals surface area contributed by atoms with Crippen LogP contribution in [-0.2, 0) is 11.2 Å². The van der Waals surface area contributed by atoms with Gasteiger partial charge < -0.3 is 16.0 Å². The summed E-state index contributed by atoms with van der Waals surface area (Å²) in [5, 5.41) is 8.73. The molecule has 0 fully saturated rings. The maximum absolute atomic E-state index is 13.5. The molecule has 1 aliphatic rings. The molecule has 3 N–H and O–H groups in total. The van der Waals surface area contributed by atoms with Crippen molar-refractivity contribution in [2.75, 3.05) is 29.0 Å². The van der Waals surface area contributed by atoms with E-state index in [4.69, 9.17) is 0 Å². The highest BCUT2D eigenvalue weighted by Crippen LogP contribution is 2.28. The zero-order valence-corrected chi connectivity index (χ0v) is 11.2. The number of aromatic nitrogens is 2. The van der Waals surface area contributed by atoms with Gasteiger partial charge >= 0.3 is 0 Å². The fraction of sp³-hybridized carbons (Fsp3) is 0.214. The van der Waals surface area contributed by atoms with Gasteiger partial charge in [-0.3, -0.25) is 4.79 Å². The highest BCUT2D eigenvalue weighted by Gasteiger charge is 2.19. The van der Waals surface area contributed by atoms with Crippen LogP contribution in [0.2, 0.25) is 0 Å². The van der Waals surface area contributed by atoms with E-state index in [9.17, 15) is 9.18 Å². The van der Waals surface area contributed by atoms with Gasteiger partial charge in [-0.15, -0.1) is 0 Å². The van der Waals surface area contributed by atoms with E-state index in [0.717, 1.165) is 0 Å². The number of halogens is 1. The van der Waals surface area contributed by atoms with Gasteiger partial charge in [0.2, 0.25) is 5.91 Å². The van der Waals surface area contributed by atoms with Crippen molar-refractivity contribution in [1.29, 1.82) is 0 Å². The van der Waals surface area contributed by atoms with Crippen molar-refractivity contribution >= 4 is 23.2 Å². The van der Waals surface area contributed by atoms with E-state index in [0.29, 0.717) is 35.9 Å². The second kappa shape index (κ2) is 5.74. The van der Waals surface area contributed by atoms with Crippen molar-refractivity contribution in [1.82, 2.24) is 9.97 Å². The minimum Gasteiger partial charge on any atom is -0.368 e. The van der Waals surface area contributed by atoms with Crippen LogP contribution in [0, 0.1) is 5.82 Å². The molecule has 7 heteroatoms. The first kappa shape index (κ1) is 13.3. The molecule has 0 unspecified atom stereocenters. The molecule has 108 valence electrons. The van der Waals surface area contributed by atoms with E-state index in [-0.39, 0.29) is 18.3 Å². The highest BCUT2D eigenvalue weighted by atomic mass is 19.1. The van der Waals surface area contributed by atoms with E-state index in [2.05, 4.69) is 25.9 Å². The van der Waals surface area contributed by atoms with E-state index < -0.39 is 0 Å². The number of rotatable bonds is 4. The Labute approximate surface area is 120 Å². The Bertz CT molecular complexity index is 676. The number of fused-ring (bicyclic) bond motifs is 1. The summed E-state index contributed by atoms with van der Waals surface area (Å²) in [6.45, 7) is 0.693. The van der Waals surface area contributed by atoms with Gasteiger partial charge in [0.1, 0.15) is 17.8 Å². The van der Waals surface area contributed by atoms with Gasteiger partial charge in [-0.05, 0) is 18.1 Å². The Morgan fingerprint density at radius 2 is 2.14 bits per heavy atom. The van der Waals surface area contributed by atoms with Crippen LogP contribution in [0.25, 0.3) is 0 Å². The third kappa shape index (κ3) is 2.91. The first-order valence-electron chi connectivity index (χ1n) is 6.60. The summed E-state index contributed by atoms with van der Waals surface area (Å²) in [7, 11) is 0. The minimum absolute atomic E-state index is 0.144. The molecule has 2 heterocycles. The zero-order chi connectivity index (χ0) is 14.7. The van der Waals surface area contributed by atoms with Gasteiger partial charge in [0.25, 0.3) is 0 Å². The van der Waals surface area contributed by atoms with Gasteiger partial charge in [-0.1, -0.05) is 18.2 Å². The first-order chi connectivity index (χ1) is 10.2. The maximum Gasteiger partial charge on any atom is 0.243 e. The van der Waals surface area contributed by atoms with Crippen molar-refractivity contribution in [2.45, 2.75) is 6.42 Å². The second-order valence-corrected chi connectivity index (χ2v) is 4.62. The summed E-state index contributed by atoms with van der Waals surface area (Å²) >= 11 is 0. The molecular formula is C14H14FN5O. The smallest absolute Gasteiger partial charge is 0.243 e. The summed E-state index contributed by atoms with van der Waals surface area (Å²) in [6, 6.07) is 6.64. The molecule has 1 aliphatic heterocycles. The summed E-state index contributed by atoms with van der Waals surface area (Å²) in [4.78, 5) is 19.6. The fourth-order valence-corrected chi connectivity index (χ4v) is 2.14. The van der Waals surface area contributed by atoms with Gasteiger partial charge in [-0.25, -0.2) is 14.4 Å². The van der Waals surface area contributed by atoms with E-state index in [1.165, 1.54) is 12.4 Å². The topological polar surface area (TPSA) is 78.9 Å². The molecule has 6 nitrogen and oxygen atoms in total. The number of hydrogen-bond acceptors (Lipinski definition) is 5. The molecule has 0 saturated carbocycles. The first-order valence-corrected chi connectivity index (χ1v) is 6.60. The molecular weight excluding hydrogens is 273 g/mol. The quantitative estimate of drug-likeness (QED) is 0.796. The maximum atomic E-state index is 13.5. The predicted molar refractivity (Wildman–Crippen MR) is 77.7 cm³/mol. The SMILES string of the molecule is O=C1CNc2ncnc(NCCc3ccccc3F)c2N1. The van der Waals surface area contributed by atoms with E-state index in [1.807, 2.05) is 0 Å². The highest BCUT2D eigenvalue weighted by molar-refractivity contribution is 6.02. The number of nitrogens with one attached hydrogen (secondary N) is 3. The van der Waals surface area contributed by atoms with Gasteiger partial charge in [0.05, 0.1) is 6.54 Å². The molecule has 2 aromatic rings. The minimum atomic E-state index is -0.223. The lowest BCUT2D eigenvalue weighted by atomic mass is 10.1. The summed E-state index contributed by atoms with van der Waals surface area (Å²) < 4.78 is 13.5. The van der Waals surface area contributed by atoms with Crippen LogP contribution in [-0.4, -0.2) is 29.0 Å². The van der Waals surface area contributed by atoms with Crippen LogP contribution in [0.1, 0.15) is 5.56 Å². The van der Waals surface area contributed by atoms with Gasteiger partial charge in [0, 0.05) is 6.54 Å². The number of amides is 1. The van der Waals surface area contributed by atoms with Crippen molar-refractivity contribution in [3.8, 4) is 0 Å². The standard InChI is InChI=1S/C14H14FN5O/c15-10-4-2-1-3-9(10)5-6-16-13-12-14(19-8-18-13)17-7-11(21)20-12/h1-4,8H,5-7H2,(H,20,21)(H2,16,17,18,19). The average molecular weight is 287 g/mol. The molecule has 0 aliphatic carbocycles. The molecule has 21 heavy (non-hydrogen) atoms. The number of carbonyl (C=O) groups excluding carboxylic acids is 1. The number of carbonyl (C=O) groups is 1. The Kier molecular flexibility index (Phi) is 3.63.